The molecule has 8 nitrogen and oxygen atoms in total. The second-order valence-corrected chi connectivity index (χ2v) is 8.66. The van der Waals surface area contributed by atoms with E-state index < -0.39 is 0 Å². The molecule has 158 valence electrons. The Bertz CT molecular complexity index is 1010. The van der Waals surface area contributed by atoms with Crippen molar-refractivity contribution in [1.29, 1.82) is 0 Å². The molecular formula is C22H27N5O3. The average Bonchev–Trinajstić information content (AvgIpc) is 3.46. The molecule has 5 rings (SSSR count). The summed E-state index contributed by atoms with van der Waals surface area (Å²) in [4.78, 5) is 17.3. The van der Waals surface area contributed by atoms with Crippen molar-refractivity contribution in [3.63, 3.8) is 0 Å². The number of fused-ring (bicyclic) bond motifs is 1. The van der Waals surface area contributed by atoms with Crippen molar-refractivity contribution >= 4 is 11.5 Å². The Hall–Kier alpha value is -2.71. The van der Waals surface area contributed by atoms with Crippen LogP contribution >= 0.6 is 0 Å². The molecule has 2 fully saturated rings. The molecule has 3 aromatic heterocycles. The molecule has 3 aromatic rings. The van der Waals surface area contributed by atoms with Gasteiger partial charge in [-0.1, -0.05) is 11.2 Å². The van der Waals surface area contributed by atoms with Crippen molar-refractivity contribution in [3.05, 3.63) is 54.2 Å². The van der Waals surface area contributed by atoms with E-state index in [1.807, 2.05) is 29.9 Å². The molecule has 2 aliphatic heterocycles. The number of esters is 1. The van der Waals surface area contributed by atoms with Gasteiger partial charge >= 0.3 is 5.97 Å². The monoisotopic (exact) mass is 409 g/mol. The van der Waals surface area contributed by atoms with E-state index >= 15 is 0 Å². The molecule has 1 unspecified atom stereocenters. The number of hydrogen-bond acceptors (Lipinski definition) is 7. The molecule has 1 spiro atoms. The van der Waals surface area contributed by atoms with E-state index in [1.54, 1.807) is 6.26 Å². The maximum absolute atomic E-state index is 12.8. The largest absolute Gasteiger partial charge is 0.461 e. The fraction of sp³-hybridized carbons (Fsp3) is 0.500. The van der Waals surface area contributed by atoms with E-state index in [4.69, 9.17) is 9.26 Å². The van der Waals surface area contributed by atoms with Crippen LogP contribution < -0.4 is 0 Å². The summed E-state index contributed by atoms with van der Waals surface area (Å²) in [6.07, 6.45) is 5.86. The Morgan fingerprint density at radius 1 is 1.23 bits per heavy atom. The second-order valence-electron chi connectivity index (χ2n) is 8.66. The minimum Gasteiger partial charge on any atom is -0.461 e. The van der Waals surface area contributed by atoms with E-state index in [1.165, 1.54) is 5.69 Å². The van der Waals surface area contributed by atoms with E-state index in [2.05, 4.69) is 38.3 Å². The van der Waals surface area contributed by atoms with Crippen LogP contribution in [-0.2, 0) is 22.6 Å². The van der Waals surface area contributed by atoms with Gasteiger partial charge in [0, 0.05) is 38.3 Å². The van der Waals surface area contributed by atoms with Crippen LogP contribution in [0.1, 0.15) is 30.7 Å². The zero-order chi connectivity index (χ0) is 20.6. The maximum atomic E-state index is 12.8. The van der Waals surface area contributed by atoms with Crippen LogP contribution in [0.4, 0.5) is 0 Å². The highest BCUT2D eigenvalue weighted by atomic mass is 16.6. The Morgan fingerprint density at radius 2 is 2.10 bits per heavy atom. The standard InChI is InChI=1S/C22H27N5O3/c1-25(14-17-6-12-29-24-17)16-20-13-22(21(28)30-20)7-10-26(11-8-22)15-19-4-2-3-18-5-9-23-27(18)19/h2-6,9,12,20H,7-8,10-11,13-16H2,1H3. The highest BCUT2D eigenvalue weighted by molar-refractivity contribution is 5.79. The summed E-state index contributed by atoms with van der Waals surface area (Å²) in [5.74, 6) is -0.0174. The molecule has 0 N–H and O–H groups in total. The van der Waals surface area contributed by atoms with Gasteiger partial charge in [0.2, 0.25) is 0 Å². The van der Waals surface area contributed by atoms with Crippen molar-refractivity contribution in [2.24, 2.45) is 5.41 Å². The molecule has 8 heteroatoms. The summed E-state index contributed by atoms with van der Waals surface area (Å²) in [6.45, 7) is 4.03. The molecule has 30 heavy (non-hydrogen) atoms. The summed E-state index contributed by atoms with van der Waals surface area (Å²) in [6, 6.07) is 10.1. The number of rotatable bonds is 6. The van der Waals surface area contributed by atoms with Crippen LogP contribution in [-0.4, -0.2) is 63.3 Å². The van der Waals surface area contributed by atoms with Gasteiger partial charge in [-0.15, -0.1) is 0 Å². The number of nitrogens with zero attached hydrogens (tertiary/aromatic N) is 5. The molecule has 0 aromatic carbocycles. The van der Waals surface area contributed by atoms with Crippen molar-refractivity contribution in [1.82, 2.24) is 24.6 Å². The maximum Gasteiger partial charge on any atom is 0.312 e. The molecule has 0 amide bonds. The van der Waals surface area contributed by atoms with Gasteiger partial charge in [-0.3, -0.25) is 14.6 Å². The van der Waals surface area contributed by atoms with E-state index in [0.29, 0.717) is 13.1 Å². The topological polar surface area (TPSA) is 76.1 Å². The summed E-state index contributed by atoms with van der Waals surface area (Å²) in [5.41, 5.74) is 2.85. The van der Waals surface area contributed by atoms with Gasteiger partial charge < -0.3 is 9.26 Å². The van der Waals surface area contributed by atoms with Crippen LogP contribution in [0, 0.1) is 5.41 Å². The lowest BCUT2D eigenvalue weighted by Crippen LogP contribution is -2.42. The number of pyridine rings is 1. The van der Waals surface area contributed by atoms with Crippen molar-refractivity contribution in [2.75, 3.05) is 26.7 Å². The van der Waals surface area contributed by atoms with E-state index in [0.717, 1.165) is 50.1 Å². The Balaban J connectivity index is 1.17. The molecule has 0 bridgehead atoms. The highest BCUT2D eigenvalue weighted by Crippen LogP contribution is 2.43. The third-order valence-corrected chi connectivity index (χ3v) is 6.46. The molecule has 0 radical (unpaired) electrons. The molecule has 0 saturated carbocycles. The number of aromatic nitrogens is 3. The molecular weight excluding hydrogens is 382 g/mol. The van der Waals surface area contributed by atoms with Crippen LogP contribution in [0.5, 0.6) is 0 Å². The predicted octanol–water partition coefficient (Wildman–Crippen LogP) is 2.35. The third kappa shape index (κ3) is 3.73. The minimum atomic E-state index is -0.326. The first-order chi connectivity index (χ1) is 14.6. The zero-order valence-corrected chi connectivity index (χ0v) is 17.2. The fourth-order valence-corrected chi connectivity index (χ4v) is 4.85. The Labute approximate surface area is 175 Å². The van der Waals surface area contributed by atoms with Gasteiger partial charge in [0.05, 0.1) is 22.3 Å². The first-order valence-electron chi connectivity index (χ1n) is 10.5. The lowest BCUT2D eigenvalue weighted by Gasteiger charge is -2.36. The number of cyclic esters (lactones) is 1. The number of carbonyl (C=O) groups excluding carboxylic acids is 1. The van der Waals surface area contributed by atoms with E-state index in [-0.39, 0.29) is 17.5 Å². The van der Waals surface area contributed by atoms with Gasteiger partial charge in [0.1, 0.15) is 12.4 Å². The number of likely N-dealkylation sites (tertiary alicyclic amines) is 1. The number of hydrogen-bond donors (Lipinski definition) is 0. The lowest BCUT2D eigenvalue weighted by atomic mass is 9.76. The van der Waals surface area contributed by atoms with Crippen molar-refractivity contribution in [2.45, 2.75) is 38.5 Å². The number of likely N-dealkylation sites (N-methyl/N-ethyl adjacent to an activating group) is 1. The smallest absolute Gasteiger partial charge is 0.312 e. The SMILES string of the molecule is CN(Cc1ccon1)CC1CC2(CCN(Cc3cccc4ccnn34)CC2)C(=O)O1. The normalized spacial score (nSPS) is 21.7. The molecule has 2 aliphatic rings. The first-order valence-corrected chi connectivity index (χ1v) is 10.5. The first kappa shape index (κ1) is 19.3. The van der Waals surface area contributed by atoms with Crippen molar-refractivity contribution in [3.8, 4) is 0 Å². The van der Waals surface area contributed by atoms with Crippen LogP contribution in [0.3, 0.4) is 0 Å². The van der Waals surface area contributed by atoms with Crippen LogP contribution in [0.2, 0.25) is 0 Å². The minimum absolute atomic E-state index is 0.0174. The summed E-state index contributed by atoms with van der Waals surface area (Å²) in [7, 11) is 2.02. The zero-order valence-electron chi connectivity index (χ0n) is 17.2. The predicted molar refractivity (Wildman–Crippen MR) is 109 cm³/mol. The fourth-order valence-electron chi connectivity index (χ4n) is 4.85. The van der Waals surface area contributed by atoms with Gasteiger partial charge in [-0.2, -0.15) is 5.10 Å². The molecule has 5 heterocycles. The third-order valence-electron chi connectivity index (χ3n) is 6.46. The highest BCUT2D eigenvalue weighted by Gasteiger charge is 2.50. The number of piperidine rings is 1. The molecule has 1 atom stereocenters. The number of carbonyl (C=O) groups is 1. The Kier molecular flexibility index (Phi) is 5.04. The lowest BCUT2D eigenvalue weighted by molar-refractivity contribution is -0.151. The molecule has 2 saturated heterocycles. The molecule has 0 aliphatic carbocycles. The summed E-state index contributed by atoms with van der Waals surface area (Å²) >= 11 is 0. The van der Waals surface area contributed by atoms with Gasteiger partial charge in [0.25, 0.3) is 0 Å². The summed E-state index contributed by atoms with van der Waals surface area (Å²) in [5, 5.41) is 8.38. The van der Waals surface area contributed by atoms with Gasteiger partial charge in [-0.05, 0) is 51.2 Å². The second kappa shape index (κ2) is 7.85. The van der Waals surface area contributed by atoms with Gasteiger partial charge in [-0.25, -0.2) is 4.52 Å². The van der Waals surface area contributed by atoms with Gasteiger partial charge in [0.15, 0.2) is 0 Å². The van der Waals surface area contributed by atoms with Crippen LogP contribution in [0.15, 0.2) is 47.3 Å². The average molecular weight is 409 g/mol. The van der Waals surface area contributed by atoms with Crippen LogP contribution in [0.25, 0.3) is 5.52 Å². The van der Waals surface area contributed by atoms with E-state index in [9.17, 15) is 4.79 Å². The summed E-state index contributed by atoms with van der Waals surface area (Å²) < 4.78 is 12.7. The number of ether oxygens (including phenoxy) is 1. The Morgan fingerprint density at radius 3 is 2.90 bits per heavy atom. The van der Waals surface area contributed by atoms with Crippen molar-refractivity contribution < 1.29 is 14.1 Å². The quantitative estimate of drug-likeness (QED) is 0.579.